The van der Waals surface area contributed by atoms with Gasteiger partial charge >= 0.3 is 0 Å². The minimum Gasteiger partial charge on any atom is -0.294 e. The quantitative estimate of drug-likeness (QED) is 0.625. The Morgan fingerprint density at radius 2 is 1.45 bits per heavy atom. The van der Waals surface area contributed by atoms with Crippen molar-refractivity contribution < 1.29 is 4.79 Å². The monoisotopic (exact) mass is 258 g/mol. The van der Waals surface area contributed by atoms with Crippen molar-refractivity contribution in [3.8, 4) is 0 Å². The third-order valence-electron chi connectivity index (χ3n) is 4.22. The van der Waals surface area contributed by atoms with E-state index in [1.807, 2.05) is 18.2 Å². The molecule has 3 aromatic rings. The van der Waals surface area contributed by atoms with Crippen molar-refractivity contribution in [2.75, 3.05) is 0 Å². The molecule has 0 saturated heterocycles. The molecular formula is C19H14O. The minimum atomic E-state index is 0.199. The average Bonchev–Trinajstić information content (AvgIpc) is 2.84. The molecular weight excluding hydrogens is 244 g/mol. The summed E-state index contributed by atoms with van der Waals surface area (Å²) in [7, 11) is 0. The summed E-state index contributed by atoms with van der Waals surface area (Å²) in [5.74, 6) is 0.461. The van der Waals surface area contributed by atoms with Gasteiger partial charge in [0, 0.05) is 17.9 Å². The van der Waals surface area contributed by atoms with E-state index in [1.54, 1.807) is 0 Å². The summed E-state index contributed by atoms with van der Waals surface area (Å²) >= 11 is 0. The first kappa shape index (κ1) is 11.4. The Morgan fingerprint density at radius 3 is 2.40 bits per heavy atom. The van der Waals surface area contributed by atoms with Gasteiger partial charge < -0.3 is 0 Å². The Morgan fingerprint density at radius 1 is 0.750 bits per heavy atom. The van der Waals surface area contributed by atoms with Crippen LogP contribution >= 0.6 is 0 Å². The zero-order valence-corrected chi connectivity index (χ0v) is 11.0. The van der Waals surface area contributed by atoms with Gasteiger partial charge in [-0.25, -0.2) is 0 Å². The highest BCUT2D eigenvalue weighted by atomic mass is 16.1. The van der Waals surface area contributed by atoms with Gasteiger partial charge in [-0.1, -0.05) is 66.7 Å². The molecule has 0 heterocycles. The van der Waals surface area contributed by atoms with Crippen LogP contribution < -0.4 is 0 Å². The molecule has 96 valence electrons. The Kier molecular flexibility index (Phi) is 2.46. The second-order valence-corrected chi connectivity index (χ2v) is 5.34. The van der Waals surface area contributed by atoms with Crippen LogP contribution in [0.3, 0.4) is 0 Å². The highest BCUT2D eigenvalue weighted by Gasteiger charge is 2.30. The van der Waals surface area contributed by atoms with E-state index in [2.05, 4.69) is 48.5 Å². The molecule has 1 atom stereocenters. The molecule has 0 radical (unpaired) electrons. The molecule has 0 amide bonds. The van der Waals surface area contributed by atoms with Gasteiger partial charge in [-0.15, -0.1) is 0 Å². The molecule has 0 N–H and O–H groups in total. The van der Waals surface area contributed by atoms with Crippen LogP contribution in [0.1, 0.15) is 33.8 Å². The topological polar surface area (TPSA) is 17.1 Å². The molecule has 0 spiro atoms. The molecule has 0 unspecified atom stereocenters. The van der Waals surface area contributed by atoms with Crippen LogP contribution in [0.25, 0.3) is 10.8 Å². The zero-order valence-electron chi connectivity index (χ0n) is 11.0. The van der Waals surface area contributed by atoms with E-state index < -0.39 is 0 Å². The van der Waals surface area contributed by atoms with Gasteiger partial charge in [-0.3, -0.25) is 4.79 Å². The Bertz CT molecular complexity index is 811. The van der Waals surface area contributed by atoms with Crippen LogP contribution in [-0.4, -0.2) is 5.78 Å². The summed E-state index contributed by atoms with van der Waals surface area (Å²) in [6.45, 7) is 0. The highest BCUT2D eigenvalue weighted by molar-refractivity contribution is 6.02. The van der Waals surface area contributed by atoms with Crippen molar-refractivity contribution in [1.82, 2.24) is 0 Å². The molecule has 1 nitrogen and oxygen atoms in total. The van der Waals surface area contributed by atoms with Crippen LogP contribution in [0.4, 0.5) is 0 Å². The number of ketones is 1. The lowest BCUT2D eigenvalue weighted by molar-refractivity contribution is 0.0991. The largest absolute Gasteiger partial charge is 0.294 e. The van der Waals surface area contributed by atoms with E-state index in [9.17, 15) is 4.79 Å². The van der Waals surface area contributed by atoms with E-state index in [0.717, 1.165) is 5.56 Å². The van der Waals surface area contributed by atoms with E-state index in [4.69, 9.17) is 0 Å². The van der Waals surface area contributed by atoms with Crippen LogP contribution in [0.15, 0.2) is 66.7 Å². The van der Waals surface area contributed by atoms with Gasteiger partial charge in [0.25, 0.3) is 0 Å². The van der Waals surface area contributed by atoms with Crippen molar-refractivity contribution in [2.24, 2.45) is 0 Å². The molecule has 3 aromatic carbocycles. The smallest absolute Gasteiger partial charge is 0.164 e. The van der Waals surface area contributed by atoms with Crippen molar-refractivity contribution in [3.63, 3.8) is 0 Å². The lowest BCUT2D eigenvalue weighted by atomic mass is 9.89. The van der Waals surface area contributed by atoms with Crippen molar-refractivity contribution >= 4 is 16.6 Å². The molecule has 0 fully saturated rings. The number of carbonyl (C=O) groups is 1. The maximum atomic E-state index is 12.2. The fraction of sp³-hybridized carbons (Fsp3) is 0.105. The van der Waals surface area contributed by atoms with Gasteiger partial charge in [0.05, 0.1) is 0 Å². The summed E-state index contributed by atoms with van der Waals surface area (Å²) in [4.78, 5) is 12.2. The second kappa shape index (κ2) is 4.31. The summed E-state index contributed by atoms with van der Waals surface area (Å²) < 4.78 is 0. The number of fused-ring (bicyclic) bond motifs is 2. The lowest BCUT2D eigenvalue weighted by Crippen LogP contribution is -1.97. The third kappa shape index (κ3) is 1.60. The molecule has 0 saturated carbocycles. The molecule has 0 aromatic heterocycles. The normalized spacial score (nSPS) is 17.4. The summed E-state index contributed by atoms with van der Waals surface area (Å²) in [6.07, 6.45) is 0.591. The number of benzene rings is 3. The third-order valence-corrected chi connectivity index (χ3v) is 4.22. The van der Waals surface area contributed by atoms with E-state index >= 15 is 0 Å². The predicted molar refractivity (Wildman–Crippen MR) is 81.2 cm³/mol. The Balaban J connectivity index is 1.96. The standard InChI is InChI=1S/C19H14O/c20-19-12-18(16-9-3-4-10-17(16)19)15-11-5-7-13-6-1-2-8-14(13)15/h1-11,18H,12H2/t18-/m1/s1. The van der Waals surface area contributed by atoms with Crippen LogP contribution in [0.5, 0.6) is 0 Å². The number of Topliss-reactive ketones (excluding diaryl/α,β-unsaturated/α-hetero) is 1. The Hall–Kier alpha value is -2.41. The van der Waals surface area contributed by atoms with E-state index in [-0.39, 0.29) is 11.7 Å². The number of carbonyl (C=O) groups excluding carboxylic acids is 1. The van der Waals surface area contributed by atoms with Gasteiger partial charge in [0.15, 0.2) is 5.78 Å². The molecule has 0 bridgehead atoms. The SMILES string of the molecule is O=C1C[C@H](c2cccc3ccccc23)c2ccccc21. The summed E-state index contributed by atoms with van der Waals surface area (Å²) in [5, 5.41) is 2.49. The maximum Gasteiger partial charge on any atom is 0.164 e. The van der Waals surface area contributed by atoms with Crippen molar-refractivity contribution in [1.29, 1.82) is 0 Å². The maximum absolute atomic E-state index is 12.2. The molecule has 4 rings (SSSR count). The van der Waals surface area contributed by atoms with Gasteiger partial charge in [0.1, 0.15) is 0 Å². The van der Waals surface area contributed by atoms with E-state index in [0.29, 0.717) is 6.42 Å². The Labute approximate surface area is 117 Å². The minimum absolute atomic E-state index is 0.199. The van der Waals surface area contributed by atoms with Crippen LogP contribution in [0.2, 0.25) is 0 Å². The fourth-order valence-electron chi connectivity index (χ4n) is 3.29. The number of hydrogen-bond donors (Lipinski definition) is 0. The fourth-order valence-corrected chi connectivity index (χ4v) is 3.29. The molecule has 1 aliphatic rings. The highest BCUT2D eigenvalue weighted by Crippen LogP contribution is 2.40. The summed E-state index contributed by atoms with van der Waals surface area (Å²) in [5.41, 5.74) is 3.33. The molecule has 20 heavy (non-hydrogen) atoms. The van der Waals surface area contributed by atoms with Crippen molar-refractivity contribution in [3.05, 3.63) is 83.4 Å². The molecule has 1 heteroatoms. The second-order valence-electron chi connectivity index (χ2n) is 5.34. The number of hydrogen-bond acceptors (Lipinski definition) is 1. The van der Waals surface area contributed by atoms with Crippen LogP contribution in [-0.2, 0) is 0 Å². The van der Waals surface area contributed by atoms with Crippen LogP contribution in [0, 0.1) is 0 Å². The van der Waals surface area contributed by atoms with Crippen molar-refractivity contribution in [2.45, 2.75) is 12.3 Å². The average molecular weight is 258 g/mol. The van der Waals surface area contributed by atoms with Gasteiger partial charge in [-0.05, 0) is 21.9 Å². The summed E-state index contributed by atoms with van der Waals surface area (Å²) in [6, 6.07) is 22.8. The first-order valence-electron chi connectivity index (χ1n) is 6.94. The predicted octanol–water partition coefficient (Wildman–Crippen LogP) is 4.56. The first-order valence-corrected chi connectivity index (χ1v) is 6.94. The van der Waals surface area contributed by atoms with E-state index in [1.165, 1.54) is 21.9 Å². The van der Waals surface area contributed by atoms with Gasteiger partial charge in [-0.2, -0.15) is 0 Å². The first-order chi connectivity index (χ1) is 9.84. The zero-order chi connectivity index (χ0) is 13.5. The molecule has 0 aliphatic heterocycles. The lowest BCUT2D eigenvalue weighted by Gasteiger charge is -2.14. The van der Waals surface area contributed by atoms with Gasteiger partial charge in [0.2, 0.25) is 0 Å². The molecule has 1 aliphatic carbocycles. The number of rotatable bonds is 1.